The second-order valence-corrected chi connectivity index (χ2v) is 5.90. The van der Waals surface area contributed by atoms with E-state index >= 15 is 0 Å². The number of nitrogens with two attached hydrogens (primary N) is 1. The van der Waals surface area contributed by atoms with Gasteiger partial charge in [0.2, 0.25) is 0 Å². The van der Waals surface area contributed by atoms with Gasteiger partial charge in [-0.2, -0.15) is 0 Å². The van der Waals surface area contributed by atoms with E-state index in [1.54, 1.807) is 18.2 Å². The lowest BCUT2D eigenvalue weighted by Crippen LogP contribution is -2.25. The molecular formula is C15H12FIN2O2. The molecule has 0 fully saturated rings. The van der Waals surface area contributed by atoms with E-state index < -0.39 is 6.04 Å². The minimum Gasteiger partial charge on any atom is -0.482 e. The van der Waals surface area contributed by atoms with Crippen LogP contribution in [0.25, 0.3) is 0 Å². The Morgan fingerprint density at radius 1 is 1.29 bits per heavy atom. The predicted octanol–water partition coefficient (Wildman–Crippen LogP) is 2.81. The molecule has 1 unspecified atom stereocenters. The van der Waals surface area contributed by atoms with Crippen LogP contribution in [-0.2, 0) is 4.79 Å². The third kappa shape index (κ3) is 2.86. The number of nitrogens with one attached hydrogen (secondary N) is 1. The summed E-state index contributed by atoms with van der Waals surface area (Å²) < 4.78 is 19.2. The van der Waals surface area contributed by atoms with Gasteiger partial charge in [0, 0.05) is 3.57 Å². The minimum atomic E-state index is -0.401. The van der Waals surface area contributed by atoms with Gasteiger partial charge in [0.1, 0.15) is 11.6 Å². The number of carbonyl (C=O) groups is 1. The summed E-state index contributed by atoms with van der Waals surface area (Å²) in [6, 6.07) is 9.52. The molecule has 3 N–H and O–H groups in total. The molecule has 21 heavy (non-hydrogen) atoms. The van der Waals surface area contributed by atoms with Crippen molar-refractivity contribution >= 4 is 34.2 Å². The van der Waals surface area contributed by atoms with Gasteiger partial charge in [-0.05, 0) is 58.0 Å². The monoisotopic (exact) mass is 398 g/mol. The van der Waals surface area contributed by atoms with E-state index in [0.29, 0.717) is 11.4 Å². The topological polar surface area (TPSA) is 64.3 Å². The Labute approximate surface area is 134 Å². The van der Waals surface area contributed by atoms with Gasteiger partial charge < -0.3 is 15.8 Å². The molecule has 0 radical (unpaired) electrons. The second kappa shape index (κ2) is 5.61. The third-order valence-electron chi connectivity index (χ3n) is 3.29. The molecule has 1 heterocycles. The molecule has 0 saturated heterocycles. The molecule has 6 heteroatoms. The highest BCUT2D eigenvalue weighted by molar-refractivity contribution is 14.1. The first kappa shape index (κ1) is 14.3. The van der Waals surface area contributed by atoms with Gasteiger partial charge in [0.05, 0.1) is 11.7 Å². The minimum absolute atomic E-state index is 0.0221. The molecular weight excluding hydrogens is 386 g/mol. The summed E-state index contributed by atoms with van der Waals surface area (Å²) in [6.45, 7) is 0.0221. The molecule has 0 spiro atoms. The number of halogens is 2. The third-order valence-corrected chi connectivity index (χ3v) is 4.23. The number of hydrogen-bond acceptors (Lipinski definition) is 3. The van der Waals surface area contributed by atoms with Crippen molar-refractivity contribution in [3.8, 4) is 5.75 Å². The lowest BCUT2D eigenvalue weighted by molar-refractivity contribution is -0.118. The summed E-state index contributed by atoms with van der Waals surface area (Å²) in [5.41, 5.74) is 8.52. The first-order valence-corrected chi connectivity index (χ1v) is 7.39. The van der Waals surface area contributed by atoms with E-state index in [9.17, 15) is 9.18 Å². The fourth-order valence-corrected chi connectivity index (χ4v) is 3.04. The zero-order valence-electron chi connectivity index (χ0n) is 10.9. The van der Waals surface area contributed by atoms with Crippen LogP contribution in [0, 0.1) is 9.39 Å². The molecule has 2 aromatic carbocycles. The lowest BCUT2D eigenvalue weighted by Gasteiger charge is -2.21. The summed E-state index contributed by atoms with van der Waals surface area (Å²) in [4.78, 5) is 11.4. The Hall–Kier alpha value is -1.67. The summed E-state index contributed by atoms with van der Waals surface area (Å²) >= 11 is 2.06. The van der Waals surface area contributed by atoms with Crippen molar-refractivity contribution in [2.45, 2.75) is 6.04 Å². The quantitative estimate of drug-likeness (QED) is 0.765. The molecule has 0 bridgehead atoms. The van der Waals surface area contributed by atoms with Crippen molar-refractivity contribution in [1.82, 2.24) is 0 Å². The van der Waals surface area contributed by atoms with Gasteiger partial charge in [-0.15, -0.1) is 0 Å². The van der Waals surface area contributed by atoms with E-state index in [0.717, 1.165) is 14.7 Å². The maximum Gasteiger partial charge on any atom is 0.262 e. The van der Waals surface area contributed by atoms with E-state index in [2.05, 4.69) is 27.9 Å². The fourth-order valence-electron chi connectivity index (χ4n) is 2.23. The van der Waals surface area contributed by atoms with Gasteiger partial charge >= 0.3 is 0 Å². The average Bonchev–Trinajstić information content (AvgIpc) is 2.46. The Kier molecular flexibility index (Phi) is 3.81. The van der Waals surface area contributed by atoms with Gasteiger partial charge in [-0.1, -0.05) is 12.1 Å². The van der Waals surface area contributed by atoms with Crippen LogP contribution in [0.15, 0.2) is 36.4 Å². The molecule has 1 atom stereocenters. The summed E-state index contributed by atoms with van der Waals surface area (Å²) in [5, 5.41) is 2.75. The van der Waals surface area contributed by atoms with Crippen molar-refractivity contribution < 1.29 is 13.9 Å². The van der Waals surface area contributed by atoms with E-state index in [1.807, 2.05) is 6.07 Å². The van der Waals surface area contributed by atoms with Crippen molar-refractivity contribution in [2.24, 2.45) is 5.73 Å². The summed E-state index contributed by atoms with van der Waals surface area (Å²) in [7, 11) is 0. The number of fused-ring (bicyclic) bond motifs is 1. The molecule has 2 aromatic rings. The van der Waals surface area contributed by atoms with Gasteiger partial charge in [-0.25, -0.2) is 4.39 Å². The SMILES string of the molecule is NC(c1ccc2c(c1)NC(=O)CO2)c1ccc(F)cc1I. The maximum absolute atomic E-state index is 13.2. The Bertz CT molecular complexity index is 721. The number of amides is 1. The predicted molar refractivity (Wildman–Crippen MR) is 85.7 cm³/mol. The highest BCUT2D eigenvalue weighted by atomic mass is 127. The molecule has 0 aromatic heterocycles. The molecule has 3 rings (SSSR count). The van der Waals surface area contributed by atoms with E-state index in [4.69, 9.17) is 10.5 Å². The summed E-state index contributed by atoms with van der Waals surface area (Å²) in [6.07, 6.45) is 0. The highest BCUT2D eigenvalue weighted by Gasteiger charge is 2.19. The zero-order valence-corrected chi connectivity index (χ0v) is 13.1. The number of hydrogen-bond donors (Lipinski definition) is 2. The van der Waals surface area contributed by atoms with Crippen LogP contribution in [0.3, 0.4) is 0 Å². The molecule has 1 amide bonds. The molecule has 4 nitrogen and oxygen atoms in total. The van der Waals surface area contributed by atoms with Crippen LogP contribution < -0.4 is 15.8 Å². The number of anilines is 1. The zero-order chi connectivity index (χ0) is 15.0. The molecule has 0 aliphatic carbocycles. The number of ether oxygens (including phenoxy) is 1. The van der Waals surface area contributed by atoms with Crippen molar-refractivity contribution in [3.05, 3.63) is 56.9 Å². The Balaban J connectivity index is 1.96. The van der Waals surface area contributed by atoms with E-state index in [1.165, 1.54) is 12.1 Å². The highest BCUT2D eigenvalue weighted by Crippen LogP contribution is 2.32. The largest absolute Gasteiger partial charge is 0.482 e. The van der Waals surface area contributed by atoms with Crippen LogP contribution in [0.1, 0.15) is 17.2 Å². The van der Waals surface area contributed by atoms with Crippen molar-refractivity contribution in [2.75, 3.05) is 11.9 Å². The molecule has 1 aliphatic heterocycles. The summed E-state index contributed by atoms with van der Waals surface area (Å²) in [5.74, 6) is 0.144. The molecule has 108 valence electrons. The van der Waals surface area contributed by atoms with Crippen LogP contribution in [0.5, 0.6) is 5.75 Å². The smallest absolute Gasteiger partial charge is 0.262 e. The second-order valence-electron chi connectivity index (χ2n) is 4.74. The molecule has 1 aliphatic rings. The van der Waals surface area contributed by atoms with Crippen LogP contribution in [0.2, 0.25) is 0 Å². The Morgan fingerprint density at radius 2 is 2.10 bits per heavy atom. The van der Waals surface area contributed by atoms with Gasteiger partial charge in [0.25, 0.3) is 5.91 Å². The first-order chi connectivity index (χ1) is 10.0. The van der Waals surface area contributed by atoms with Gasteiger partial charge in [-0.3, -0.25) is 4.79 Å². The number of rotatable bonds is 2. The Morgan fingerprint density at radius 3 is 2.86 bits per heavy atom. The maximum atomic E-state index is 13.2. The van der Waals surface area contributed by atoms with Crippen molar-refractivity contribution in [1.29, 1.82) is 0 Å². The number of carbonyl (C=O) groups excluding carboxylic acids is 1. The normalized spacial score (nSPS) is 14.9. The number of benzene rings is 2. The first-order valence-electron chi connectivity index (χ1n) is 6.32. The van der Waals surface area contributed by atoms with Gasteiger partial charge in [0.15, 0.2) is 6.61 Å². The van der Waals surface area contributed by atoms with Crippen molar-refractivity contribution in [3.63, 3.8) is 0 Å². The lowest BCUT2D eigenvalue weighted by atomic mass is 9.98. The van der Waals surface area contributed by atoms with Crippen LogP contribution in [-0.4, -0.2) is 12.5 Å². The van der Waals surface area contributed by atoms with Crippen LogP contribution in [0.4, 0.5) is 10.1 Å². The van der Waals surface area contributed by atoms with Crippen LogP contribution >= 0.6 is 22.6 Å². The fraction of sp³-hybridized carbons (Fsp3) is 0.133. The van der Waals surface area contributed by atoms with E-state index in [-0.39, 0.29) is 18.3 Å². The standard InChI is InChI=1S/C15H12FIN2O2/c16-9-2-3-10(11(17)6-9)15(18)8-1-4-13-12(5-8)19-14(20)7-21-13/h1-6,15H,7,18H2,(H,19,20). The molecule has 0 saturated carbocycles. The average molecular weight is 398 g/mol.